The molecule has 1 aromatic carbocycles. The first-order chi connectivity index (χ1) is 10.5. The third-order valence-corrected chi connectivity index (χ3v) is 3.98. The largest absolute Gasteiger partial charge is 0.484 e. The Bertz CT molecular complexity index is 485. The second-order valence-electron chi connectivity index (χ2n) is 5.69. The second-order valence-corrected chi connectivity index (χ2v) is 6.60. The van der Waals surface area contributed by atoms with Crippen molar-refractivity contribution in [3.8, 4) is 5.75 Å². The fourth-order valence-corrected chi connectivity index (χ4v) is 2.66. The summed E-state index contributed by atoms with van der Waals surface area (Å²) in [6.45, 7) is 5.86. The second kappa shape index (κ2) is 7.94. The highest BCUT2D eigenvalue weighted by Gasteiger charge is 2.32. The summed E-state index contributed by atoms with van der Waals surface area (Å²) in [5, 5.41) is 2.87. The summed E-state index contributed by atoms with van der Waals surface area (Å²) in [5.74, 6) is 0.289. The zero-order valence-corrected chi connectivity index (χ0v) is 14.5. The topological polar surface area (TPSA) is 56.8 Å². The Kier molecular flexibility index (Phi) is 6.23. The molecule has 0 aliphatic carbocycles. The predicted octanol–water partition coefficient (Wildman–Crippen LogP) is 2.73. The van der Waals surface area contributed by atoms with E-state index in [2.05, 4.69) is 28.2 Å². The summed E-state index contributed by atoms with van der Waals surface area (Å²) in [7, 11) is 0. The highest BCUT2D eigenvalue weighted by atomic mass is 79.9. The van der Waals surface area contributed by atoms with E-state index >= 15 is 0 Å². The molecule has 1 saturated heterocycles. The van der Waals surface area contributed by atoms with E-state index in [9.17, 15) is 4.79 Å². The number of hydrogen-bond donors (Lipinski definition) is 1. The van der Waals surface area contributed by atoms with E-state index in [1.807, 2.05) is 31.2 Å². The van der Waals surface area contributed by atoms with Gasteiger partial charge in [0, 0.05) is 17.4 Å². The monoisotopic (exact) mass is 371 g/mol. The molecule has 5 nitrogen and oxygen atoms in total. The van der Waals surface area contributed by atoms with Crippen LogP contribution in [0.4, 0.5) is 0 Å². The highest BCUT2D eigenvalue weighted by molar-refractivity contribution is 9.10. The van der Waals surface area contributed by atoms with Crippen molar-refractivity contribution >= 4 is 21.8 Å². The lowest BCUT2D eigenvalue weighted by Crippen LogP contribution is -2.36. The van der Waals surface area contributed by atoms with Gasteiger partial charge in [0.05, 0.1) is 13.2 Å². The molecule has 0 saturated carbocycles. The van der Waals surface area contributed by atoms with Gasteiger partial charge in [0.25, 0.3) is 5.91 Å². The summed E-state index contributed by atoms with van der Waals surface area (Å²) in [4.78, 5) is 11.8. The lowest BCUT2D eigenvalue weighted by Gasteiger charge is -2.26. The van der Waals surface area contributed by atoms with Crippen LogP contribution in [0.25, 0.3) is 0 Å². The van der Waals surface area contributed by atoms with Crippen molar-refractivity contribution in [2.75, 3.05) is 26.4 Å². The molecule has 0 spiro atoms. The molecule has 1 aliphatic rings. The minimum Gasteiger partial charge on any atom is -0.484 e. The van der Waals surface area contributed by atoms with Crippen molar-refractivity contribution in [1.29, 1.82) is 0 Å². The number of ether oxygens (including phenoxy) is 3. The zero-order valence-electron chi connectivity index (χ0n) is 12.9. The molecule has 1 N–H and O–H groups in total. The van der Waals surface area contributed by atoms with Gasteiger partial charge in [0.15, 0.2) is 12.4 Å². The van der Waals surface area contributed by atoms with E-state index in [-0.39, 0.29) is 18.4 Å². The van der Waals surface area contributed by atoms with Crippen LogP contribution in [-0.2, 0) is 14.3 Å². The van der Waals surface area contributed by atoms with Gasteiger partial charge in [0.2, 0.25) is 0 Å². The maximum atomic E-state index is 11.8. The Labute approximate surface area is 139 Å². The van der Waals surface area contributed by atoms with Gasteiger partial charge < -0.3 is 19.5 Å². The van der Waals surface area contributed by atoms with Gasteiger partial charge in [0.1, 0.15) is 5.75 Å². The Morgan fingerprint density at radius 3 is 2.64 bits per heavy atom. The molecule has 2 rings (SSSR count). The lowest BCUT2D eigenvalue weighted by atomic mass is 10.0. The van der Waals surface area contributed by atoms with E-state index < -0.39 is 5.79 Å². The molecule has 122 valence electrons. The maximum Gasteiger partial charge on any atom is 0.257 e. The van der Waals surface area contributed by atoms with E-state index in [4.69, 9.17) is 14.2 Å². The Hall–Kier alpha value is -1.11. The number of halogens is 1. The molecule has 0 aromatic heterocycles. The fourth-order valence-electron chi connectivity index (χ4n) is 2.40. The van der Waals surface area contributed by atoms with Crippen LogP contribution in [0.15, 0.2) is 28.7 Å². The van der Waals surface area contributed by atoms with Crippen LogP contribution in [0, 0.1) is 5.92 Å². The molecule has 0 radical (unpaired) electrons. The standard InChI is InChI=1S/C16H22BrNO4/c1-12(9-16(2)21-7-8-22-16)10-18-15(19)11-20-14-5-3-13(17)4-6-14/h3-6,12H,7-11H2,1-2H3,(H,18,19). The third-order valence-electron chi connectivity index (χ3n) is 3.45. The Balaban J connectivity index is 1.65. The molecule has 1 aliphatic heterocycles. The van der Waals surface area contributed by atoms with Crippen molar-refractivity contribution in [2.24, 2.45) is 5.92 Å². The molecule has 1 amide bonds. The molecule has 0 bridgehead atoms. The summed E-state index contributed by atoms with van der Waals surface area (Å²) in [6.07, 6.45) is 0.751. The van der Waals surface area contributed by atoms with Crippen LogP contribution in [0.3, 0.4) is 0 Å². The summed E-state index contributed by atoms with van der Waals surface area (Å²) in [6, 6.07) is 7.38. The molecule has 1 unspecified atom stereocenters. The van der Waals surface area contributed by atoms with Crippen LogP contribution in [0.1, 0.15) is 20.3 Å². The van der Waals surface area contributed by atoms with E-state index in [1.165, 1.54) is 0 Å². The molecule has 1 aromatic rings. The molecule has 1 atom stereocenters. The molecule has 1 fully saturated rings. The van der Waals surface area contributed by atoms with E-state index in [0.29, 0.717) is 25.5 Å². The van der Waals surface area contributed by atoms with Crippen molar-refractivity contribution in [3.63, 3.8) is 0 Å². The van der Waals surface area contributed by atoms with Gasteiger partial charge in [-0.25, -0.2) is 0 Å². The Morgan fingerprint density at radius 2 is 2.00 bits per heavy atom. The molecule has 22 heavy (non-hydrogen) atoms. The normalized spacial score (nSPS) is 18.0. The summed E-state index contributed by atoms with van der Waals surface area (Å²) >= 11 is 3.35. The SMILES string of the molecule is CC(CNC(=O)COc1ccc(Br)cc1)CC1(C)OCCO1. The van der Waals surface area contributed by atoms with E-state index in [1.54, 1.807) is 0 Å². The maximum absolute atomic E-state index is 11.8. The number of amides is 1. The van der Waals surface area contributed by atoms with Gasteiger partial charge in [-0.05, 0) is 37.1 Å². The number of carbonyl (C=O) groups is 1. The molecular formula is C16H22BrNO4. The zero-order chi connectivity index (χ0) is 16.0. The van der Waals surface area contributed by atoms with Crippen LogP contribution < -0.4 is 10.1 Å². The number of carbonyl (C=O) groups excluding carboxylic acids is 1. The first kappa shape index (κ1) is 17.2. The predicted molar refractivity (Wildman–Crippen MR) is 86.7 cm³/mol. The van der Waals surface area contributed by atoms with Crippen molar-refractivity contribution in [1.82, 2.24) is 5.32 Å². The van der Waals surface area contributed by atoms with Crippen LogP contribution in [0.5, 0.6) is 5.75 Å². The average molecular weight is 372 g/mol. The number of nitrogens with one attached hydrogen (secondary N) is 1. The fraction of sp³-hybridized carbons (Fsp3) is 0.562. The number of hydrogen-bond acceptors (Lipinski definition) is 4. The van der Waals surface area contributed by atoms with Gasteiger partial charge in [-0.3, -0.25) is 4.79 Å². The van der Waals surface area contributed by atoms with Crippen molar-refractivity contribution < 1.29 is 19.0 Å². The van der Waals surface area contributed by atoms with Gasteiger partial charge in [-0.1, -0.05) is 22.9 Å². The molecular weight excluding hydrogens is 350 g/mol. The first-order valence-electron chi connectivity index (χ1n) is 7.40. The van der Waals surface area contributed by atoms with Crippen LogP contribution >= 0.6 is 15.9 Å². The average Bonchev–Trinajstić information content (AvgIpc) is 2.91. The first-order valence-corrected chi connectivity index (χ1v) is 8.19. The molecule has 1 heterocycles. The third kappa shape index (κ3) is 5.59. The summed E-state index contributed by atoms with van der Waals surface area (Å²) < 4.78 is 17.5. The molecule has 6 heteroatoms. The summed E-state index contributed by atoms with van der Waals surface area (Å²) in [5.41, 5.74) is 0. The minimum atomic E-state index is -0.516. The quantitative estimate of drug-likeness (QED) is 0.800. The van der Waals surface area contributed by atoms with Gasteiger partial charge >= 0.3 is 0 Å². The van der Waals surface area contributed by atoms with E-state index in [0.717, 1.165) is 10.9 Å². The van der Waals surface area contributed by atoms with Crippen LogP contribution in [0.2, 0.25) is 0 Å². The highest BCUT2D eigenvalue weighted by Crippen LogP contribution is 2.26. The van der Waals surface area contributed by atoms with Crippen molar-refractivity contribution in [2.45, 2.75) is 26.1 Å². The Morgan fingerprint density at radius 1 is 1.36 bits per heavy atom. The number of benzene rings is 1. The van der Waals surface area contributed by atoms with Gasteiger partial charge in [-0.15, -0.1) is 0 Å². The van der Waals surface area contributed by atoms with Crippen molar-refractivity contribution in [3.05, 3.63) is 28.7 Å². The number of rotatable bonds is 7. The van der Waals surface area contributed by atoms with Crippen LogP contribution in [-0.4, -0.2) is 38.1 Å². The minimum absolute atomic E-state index is 0.0125. The smallest absolute Gasteiger partial charge is 0.257 e. The van der Waals surface area contributed by atoms with Gasteiger partial charge in [-0.2, -0.15) is 0 Å². The lowest BCUT2D eigenvalue weighted by molar-refractivity contribution is -0.154.